The van der Waals surface area contributed by atoms with E-state index in [1.165, 1.54) is 29.1 Å². The standard InChI is InChI=1S/C17H17ClF3N3O3/c1-15(2,3)27-14(25)10-4-5-11(22-13(10)18)24-9-6-12(23-24)26-16(7-8-16)17(19,20)21/h4-6,9H,7-8H2,1-3H3. The summed E-state index contributed by atoms with van der Waals surface area (Å²) in [6, 6.07) is 4.18. The fourth-order valence-electron chi connectivity index (χ4n) is 2.28. The topological polar surface area (TPSA) is 66.2 Å². The number of pyridine rings is 1. The molecule has 0 unspecified atom stereocenters. The van der Waals surface area contributed by atoms with Gasteiger partial charge in [0.15, 0.2) is 5.82 Å². The summed E-state index contributed by atoms with van der Waals surface area (Å²) in [6.45, 7) is 5.17. The first kappa shape index (κ1) is 19.5. The van der Waals surface area contributed by atoms with Crippen LogP contribution in [-0.4, -0.2) is 38.1 Å². The molecule has 1 aliphatic rings. The molecule has 0 aromatic carbocycles. The number of hydrogen-bond donors (Lipinski definition) is 0. The van der Waals surface area contributed by atoms with Crippen LogP contribution in [0, 0.1) is 0 Å². The van der Waals surface area contributed by atoms with Crippen LogP contribution < -0.4 is 4.74 Å². The first-order valence-corrected chi connectivity index (χ1v) is 8.50. The van der Waals surface area contributed by atoms with Crippen molar-refractivity contribution in [2.45, 2.75) is 51.0 Å². The Labute approximate surface area is 158 Å². The smallest absolute Gasteiger partial charge is 0.428 e. The molecule has 2 heterocycles. The van der Waals surface area contributed by atoms with Crippen LogP contribution in [0.2, 0.25) is 5.15 Å². The minimum Gasteiger partial charge on any atom is -0.460 e. The first-order chi connectivity index (χ1) is 12.4. The second-order valence-electron chi connectivity index (χ2n) is 7.20. The van der Waals surface area contributed by atoms with Crippen molar-refractivity contribution >= 4 is 17.6 Å². The van der Waals surface area contributed by atoms with Gasteiger partial charge in [-0.05, 0) is 32.9 Å². The Morgan fingerprint density at radius 1 is 1.22 bits per heavy atom. The van der Waals surface area contributed by atoms with Crippen molar-refractivity contribution in [3.63, 3.8) is 0 Å². The molecular formula is C17H17ClF3N3O3. The number of ether oxygens (including phenoxy) is 2. The van der Waals surface area contributed by atoms with Gasteiger partial charge in [0.2, 0.25) is 11.5 Å². The van der Waals surface area contributed by atoms with Crippen molar-refractivity contribution in [1.29, 1.82) is 0 Å². The van der Waals surface area contributed by atoms with Gasteiger partial charge in [-0.25, -0.2) is 14.5 Å². The van der Waals surface area contributed by atoms with Crippen LogP contribution in [0.15, 0.2) is 24.4 Å². The van der Waals surface area contributed by atoms with Gasteiger partial charge in [0.1, 0.15) is 10.8 Å². The highest BCUT2D eigenvalue weighted by Gasteiger charge is 2.66. The number of carbonyl (C=O) groups is 1. The Bertz CT molecular complexity index is 870. The molecule has 1 fully saturated rings. The minimum absolute atomic E-state index is 0.0768. The van der Waals surface area contributed by atoms with E-state index < -0.39 is 23.3 Å². The van der Waals surface area contributed by atoms with E-state index in [1.54, 1.807) is 20.8 Å². The third-order valence-electron chi connectivity index (χ3n) is 3.77. The van der Waals surface area contributed by atoms with Gasteiger partial charge in [0, 0.05) is 25.1 Å². The van der Waals surface area contributed by atoms with Crippen LogP contribution >= 0.6 is 11.6 Å². The number of aromatic nitrogens is 3. The van der Waals surface area contributed by atoms with Gasteiger partial charge < -0.3 is 9.47 Å². The van der Waals surface area contributed by atoms with Crippen molar-refractivity contribution < 1.29 is 27.4 Å². The molecule has 3 rings (SSSR count). The highest BCUT2D eigenvalue weighted by Crippen LogP contribution is 2.51. The lowest BCUT2D eigenvalue weighted by Gasteiger charge is -2.19. The van der Waals surface area contributed by atoms with E-state index in [1.807, 2.05) is 0 Å². The summed E-state index contributed by atoms with van der Waals surface area (Å²) in [4.78, 5) is 16.2. The average Bonchev–Trinajstić information content (AvgIpc) is 3.15. The normalized spacial score (nSPS) is 16.1. The molecule has 6 nitrogen and oxygen atoms in total. The van der Waals surface area contributed by atoms with E-state index in [9.17, 15) is 18.0 Å². The number of hydrogen-bond acceptors (Lipinski definition) is 5. The molecule has 27 heavy (non-hydrogen) atoms. The maximum absolute atomic E-state index is 13.0. The number of nitrogens with zero attached hydrogens (tertiary/aromatic N) is 3. The molecule has 0 amide bonds. The molecule has 0 saturated heterocycles. The molecule has 10 heteroatoms. The molecule has 0 spiro atoms. The van der Waals surface area contributed by atoms with Crippen LogP contribution in [-0.2, 0) is 4.74 Å². The summed E-state index contributed by atoms with van der Waals surface area (Å²) in [5, 5.41) is 3.85. The number of rotatable bonds is 4. The molecule has 1 aliphatic carbocycles. The van der Waals surface area contributed by atoms with E-state index >= 15 is 0 Å². The Kier molecular flexibility index (Phi) is 4.62. The molecule has 0 aliphatic heterocycles. The van der Waals surface area contributed by atoms with E-state index in [4.69, 9.17) is 21.1 Å². The van der Waals surface area contributed by atoms with Crippen molar-refractivity contribution in [3.8, 4) is 11.7 Å². The zero-order chi connectivity index (χ0) is 20.0. The molecule has 1 saturated carbocycles. The van der Waals surface area contributed by atoms with E-state index in [-0.39, 0.29) is 35.3 Å². The number of alkyl halides is 3. The predicted octanol–water partition coefficient (Wildman–Crippen LogP) is 4.35. The lowest BCUT2D eigenvalue weighted by Crippen LogP contribution is -2.36. The lowest BCUT2D eigenvalue weighted by atomic mass is 10.2. The summed E-state index contributed by atoms with van der Waals surface area (Å²) in [6.07, 6.45) is -3.25. The van der Waals surface area contributed by atoms with Crippen molar-refractivity contribution in [2.75, 3.05) is 0 Å². The van der Waals surface area contributed by atoms with Gasteiger partial charge in [0.05, 0.1) is 5.56 Å². The third-order valence-corrected chi connectivity index (χ3v) is 4.06. The van der Waals surface area contributed by atoms with Gasteiger partial charge in [-0.3, -0.25) is 0 Å². The molecule has 2 aromatic rings. The van der Waals surface area contributed by atoms with E-state index in [0.717, 1.165) is 0 Å². The van der Waals surface area contributed by atoms with Crippen LogP contribution in [0.3, 0.4) is 0 Å². The zero-order valence-electron chi connectivity index (χ0n) is 14.8. The zero-order valence-corrected chi connectivity index (χ0v) is 15.6. The molecule has 2 aromatic heterocycles. The summed E-state index contributed by atoms with van der Waals surface area (Å²) >= 11 is 6.05. The molecule has 0 atom stereocenters. The highest BCUT2D eigenvalue weighted by atomic mass is 35.5. The third kappa shape index (κ3) is 4.18. The van der Waals surface area contributed by atoms with E-state index in [0.29, 0.717) is 0 Å². The van der Waals surface area contributed by atoms with Crippen LogP contribution in [0.1, 0.15) is 44.0 Å². The Hall–Kier alpha value is -2.29. The molecule has 0 radical (unpaired) electrons. The summed E-state index contributed by atoms with van der Waals surface area (Å²) in [7, 11) is 0. The summed E-state index contributed by atoms with van der Waals surface area (Å²) < 4.78 is 50.4. The van der Waals surface area contributed by atoms with Gasteiger partial charge in [-0.2, -0.15) is 13.2 Å². The quantitative estimate of drug-likeness (QED) is 0.561. The fraction of sp³-hybridized carbons (Fsp3) is 0.471. The lowest BCUT2D eigenvalue weighted by molar-refractivity contribution is -0.209. The predicted molar refractivity (Wildman–Crippen MR) is 90.2 cm³/mol. The molecular weight excluding hydrogens is 387 g/mol. The number of halogens is 4. The van der Waals surface area contributed by atoms with Gasteiger partial charge in [-0.15, -0.1) is 5.10 Å². The van der Waals surface area contributed by atoms with Crippen LogP contribution in [0.25, 0.3) is 5.82 Å². The van der Waals surface area contributed by atoms with Gasteiger partial charge >= 0.3 is 12.1 Å². The molecule has 0 bridgehead atoms. The summed E-state index contributed by atoms with van der Waals surface area (Å²) in [5.41, 5.74) is -2.77. The Morgan fingerprint density at radius 2 is 1.89 bits per heavy atom. The van der Waals surface area contributed by atoms with Crippen molar-refractivity contribution in [2.24, 2.45) is 0 Å². The average molecular weight is 404 g/mol. The second-order valence-corrected chi connectivity index (χ2v) is 7.56. The molecule has 0 N–H and O–H groups in total. The first-order valence-electron chi connectivity index (χ1n) is 8.12. The highest BCUT2D eigenvalue weighted by molar-refractivity contribution is 6.32. The SMILES string of the molecule is CC(C)(C)OC(=O)c1ccc(-n2ccc(OC3(C(F)(F)F)CC3)n2)nc1Cl. The maximum Gasteiger partial charge on any atom is 0.428 e. The Morgan fingerprint density at radius 3 is 2.41 bits per heavy atom. The maximum atomic E-state index is 13.0. The van der Waals surface area contributed by atoms with Crippen LogP contribution in [0.4, 0.5) is 13.2 Å². The Balaban J connectivity index is 1.77. The van der Waals surface area contributed by atoms with Crippen molar-refractivity contribution in [1.82, 2.24) is 14.8 Å². The monoisotopic (exact) mass is 403 g/mol. The van der Waals surface area contributed by atoms with Crippen LogP contribution in [0.5, 0.6) is 5.88 Å². The second kappa shape index (κ2) is 6.40. The molecule has 146 valence electrons. The van der Waals surface area contributed by atoms with Gasteiger partial charge in [0.25, 0.3) is 0 Å². The van der Waals surface area contributed by atoms with Crippen molar-refractivity contribution in [3.05, 3.63) is 35.1 Å². The number of esters is 1. The fourth-order valence-corrected chi connectivity index (χ4v) is 2.51. The van der Waals surface area contributed by atoms with E-state index in [2.05, 4.69) is 10.1 Å². The number of carbonyl (C=O) groups excluding carboxylic acids is 1. The largest absolute Gasteiger partial charge is 0.460 e. The summed E-state index contributed by atoms with van der Waals surface area (Å²) in [5.74, 6) is -0.574. The minimum atomic E-state index is -4.45. The van der Waals surface area contributed by atoms with Gasteiger partial charge in [-0.1, -0.05) is 11.6 Å².